The van der Waals surface area contributed by atoms with Gasteiger partial charge in [0.15, 0.2) is 0 Å². The summed E-state index contributed by atoms with van der Waals surface area (Å²) in [7, 11) is 0. The molecule has 0 unspecified atom stereocenters. The van der Waals surface area contributed by atoms with Gasteiger partial charge in [0.05, 0.1) is 5.57 Å². The zero-order chi connectivity index (χ0) is 15.8. The number of amides is 1. The van der Waals surface area contributed by atoms with Gasteiger partial charge in [0.25, 0.3) is 5.91 Å². The van der Waals surface area contributed by atoms with Crippen molar-refractivity contribution in [3.63, 3.8) is 0 Å². The van der Waals surface area contributed by atoms with Gasteiger partial charge in [-0.05, 0) is 41.5 Å². The number of rotatable bonds is 2. The molecule has 1 amide bonds. The summed E-state index contributed by atoms with van der Waals surface area (Å²) in [5.74, 6) is -0.0943. The molecule has 3 aromatic rings. The van der Waals surface area contributed by atoms with E-state index in [-0.39, 0.29) is 5.91 Å². The molecule has 4 rings (SSSR count). The van der Waals surface area contributed by atoms with Gasteiger partial charge in [-0.1, -0.05) is 35.9 Å². The quantitative estimate of drug-likeness (QED) is 0.679. The SMILES string of the molecule is O=C1Nc2cccc(-c3cccc(Cl)c3)c2C1=Cn1cccc1. The van der Waals surface area contributed by atoms with E-state index in [2.05, 4.69) is 5.32 Å². The number of nitrogens with zero attached hydrogens (tertiary/aromatic N) is 1. The van der Waals surface area contributed by atoms with E-state index in [4.69, 9.17) is 11.6 Å². The Kier molecular flexibility index (Phi) is 3.28. The Morgan fingerprint density at radius 2 is 1.78 bits per heavy atom. The van der Waals surface area contributed by atoms with Gasteiger partial charge in [0.2, 0.25) is 0 Å². The van der Waals surface area contributed by atoms with E-state index in [1.54, 1.807) is 0 Å². The molecule has 1 aliphatic rings. The monoisotopic (exact) mass is 320 g/mol. The van der Waals surface area contributed by atoms with Gasteiger partial charge < -0.3 is 9.88 Å². The topological polar surface area (TPSA) is 34.0 Å². The van der Waals surface area contributed by atoms with Crippen LogP contribution in [0, 0.1) is 0 Å². The van der Waals surface area contributed by atoms with E-state index in [0.29, 0.717) is 10.6 Å². The molecule has 23 heavy (non-hydrogen) atoms. The van der Waals surface area contributed by atoms with E-state index in [1.807, 2.05) is 77.8 Å². The van der Waals surface area contributed by atoms with Crippen LogP contribution in [0.5, 0.6) is 0 Å². The second-order valence-corrected chi connectivity index (χ2v) is 5.80. The highest BCUT2D eigenvalue weighted by atomic mass is 35.5. The molecule has 1 aliphatic heterocycles. The van der Waals surface area contributed by atoms with Gasteiger partial charge in [-0.15, -0.1) is 0 Å². The Bertz CT molecular complexity index is 926. The Hall–Kier alpha value is -2.78. The van der Waals surface area contributed by atoms with Crippen LogP contribution in [0.15, 0.2) is 67.0 Å². The van der Waals surface area contributed by atoms with E-state index in [0.717, 1.165) is 22.4 Å². The van der Waals surface area contributed by atoms with Crippen LogP contribution in [-0.4, -0.2) is 10.5 Å². The molecule has 0 bridgehead atoms. The Morgan fingerprint density at radius 1 is 1.00 bits per heavy atom. The fourth-order valence-electron chi connectivity index (χ4n) is 2.85. The van der Waals surface area contributed by atoms with Crippen LogP contribution >= 0.6 is 11.6 Å². The maximum Gasteiger partial charge on any atom is 0.257 e. The largest absolute Gasteiger partial charge is 0.330 e. The fourth-order valence-corrected chi connectivity index (χ4v) is 3.04. The number of hydrogen-bond acceptors (Lipinski definition) is 1. The predicted molar refractivity (Wildman–Crippen MR) is 94.1 cm³/mol. The van der Waals surface area contributed by atoms with Crippen molar-refractivity contribution in [1.82, 2.24) is 4.57 Å². The van der Waals surface area contributed by atoms with Crippen molar-refractivity contribution in [2.24, 2.45) is 0 Å². The minimum atomic E-state index is -0.0943. The number of halogens is 1. The lowest BCUT2D eigenvalue weighted by Gasteiger charge is -2.09. The number of anilines is 1. The van der Waals surface area contributed by atoms with E-state index in [1.165, 1.54) is 0 Å². The normalized spacial score (nSPS) is 14.8. The lowest BCUT2D eigenvalue weighted by Crippen LogP contribution is -2.04. The molecular weight excluding hydrogens is 308 g/mol. The van der Waals surface area contributed by atoms with Gasteiger partial charge in [-0.25, -0.2) is 0 Å². The van der Waals surface area contributed by atoms with E-state index >= 15 is 0 Å². The van der Waals surface area contributed by atoms with Crippen LogP contribution in [0.2, 0.25) is 5.02 Å². The molecule has 2 aromatic carbocycles. The maximum absolute atomic E-state index is 12.4. The maximum atomic E-state index is 12.4. The number of fused-ring (bicyclic) bond motifs is 1. The van der Waals surface area contributed by atoms with Gasteiger partial charge in [0, 0.05) is 34.9 Å². The predicted octanol–water partition coefficient (Wildman–Crippen LogP) is 4.76. The molecule has 4 heteroatoms. The second kappa shape index (κ2) is 5.45. The first-order valence-corrected chi connectivity index (χ1v) is 7.65. The van der Waals surface area contributed by atoms with Crippen LogP contribution in [0.1, 0.15) is 5.56 Å². The number of carbonyl (C=O) groups is 1. The summed E-state index contributed by atoms with van der Waals surface area (Å²) in [6, 6.07) is 17.4. The third kappa shape index (κ3) is 2.45. The highest BCUT2D eigenvalue weighted by molar-refractivity contribution is 6.35. The minimum Gasteiger partial charge on any atom is -0.330 e. The molecule has 3 nitrogen and oxygen atoms in total. The van der Waals surface area contributed by atoms with Gasteiger partial charge in [-0.2, -0.15) is 0 Å². The Labute approximate surface area is 138 Å². The van der Waals surface area contributed by atoms with Crippen molar-refractivity contribution < 1.29 is 4.79 Å². The molecule has 0 spiro atoms. The van der Waals surface area contributed by atoms with Crippen molar-refractivity contribution in [3.05, 3.63) is 77.6 Å². The zero-order valence-electron chi connectivity index (χ0n) is 12.2. The molecule has 0 saturated heterocycles. The molecule has 0 aliphatic carbocycles. The number of benzene rings is 2. The smallest absolute Gasteiger partial charge is 0.257 e. The lowest BCUT2D eigenvalue weighted by atomic mass is 9.95. The first kappa shape index (κ1) is 13.9. The van der Waals surface area contributed by atoms with Crippen LogP contribution in [0.3, 0.4) is 0 Å². The van der Waals surface area contributed by atoms with E-state index in [9.17, 15) is 4.79 Å². The summed E-state index contributed by atoms with van der Waals surface area (Å²) in [6.07, 6.45) is 5.65. The Balaban J connectivity index is 1.93. The van der Waals surface area contributed by atoms with Crippen LogP contribution in [0.25, 0.3) is 22.9 Å². The van der Waals surface area contributed by atoms with Crippen LogP contribution in [-0.2, 0) is 4.79 Å². The fraction of sp³-hybridized carbons (Fsp3) is 0. The van der Waals surface area contributed by atoms with Crippen LogP contribution in [0.4, 0.5) is 5.69 Å². The summed E-state index contributed by atoms with van der Waals surface area (Å²) in [5, 5.41) is 3.61. The first-order valence-electron chi connectivity index (χ1n) is 7.27. The average molecular weight is 321 g/mol. The van der Waals surface area contributed by atoms with Gasteiger partial charge >= 0.3 is 0 Å². The molecule has 1 aromatic heterocycles. The molecule has 0 fully saturated rings. The molecule has 112 valence electrons. The van der Waals surface area contributed by atoms with Crippen molar-refractivity contribution >= 4 is 35.0 Å². The zero-order valence-corrected chi connectivity index (χ0v) is 12.9. The lowest BCUT2D eigenvalue weighted by molar-refractivity contribution is -0.110. The Morgan fingerprint density at radius 3 is 2.57 bits per heavy atom. The van der Waals surface area contributed by atoms with E-state index < -0.39 is 0 Å². The van der Waals surface area contributed by atoms with Crippen molar-refractivity contribution in [1.29, 1.82) is 0 Å². The van der Waals surface area contributed by atoms with Crippen molar-refractivity contribution in [3.8, 4) is 11.1 Å². The minimum absolute atomic E-state index is 0.0943. The summed E-state index contributed by atoms with van der Waals surface area (Å²) >= 11 is 6.12. The molecule has 2 heterocycles. The van der Waals surface area contributed by atoms with Crippen molar-refractivity contribution in [2.45, 2.75) is 0 Å². The average Bonchev–Trinajstić information content (AvgIpc) is 3.16. The number of nitrogens with one attached hydrogen (secondary N) is 1. The standard InChI is InChI=1S/C19H13ClN2O/c20-14-6-3-5-13(11-14)15-7-4-8-17-18(15)16(19(23)21-17)12-22-9-1-2-10-22/h1-12H,(H,21,23). The second-order valence-electron chi connectivity index (χ2n) is 5.37. The van der Waals surface area contributed by atoms with Crippen LogP contribution < -0.4 is 5.32 Å². The highest BCUT2D eigenvalue weighted by Crippen LogP contribution is 2.40. The molecular formula is C19H13ClN2O. The first-order chi connectivity index (χ1) is 11.2. The summed E-state index contributed by atoms with van der Waals surface area (Å²) in [4.78, 5) is 12.4. The summed E-state index contributed by atoms with van der Waals surface area (Å²) in [6.45, 7) is 0. The molecule has 1 N–H and O–H groups in total. The number of hydrogen-bond donors (Lipinski definition) is 1. The number of aromatic nitrogens is 1. The third-order valence-electron chi connectivity index (χ3n) is 3.87. The summed E-state index contributed by atoms with van der Waals surface area (Å²) < 4.78 is 1.87. The summed E-state index contributed by atoms with van der Waals surface area (Å²) in [5.41, 5.74) is 4.36. The van der Waals surface area contributed by atoms with Gasteiger partial charge in [0.1, 0.15) is 0 Å². The molecule has 0 radical (unpaired) electrons. The van der Waals surface area contributed by atoms with Gasteiger partial charge in [-0.3, -0.25) is 4.79 Å². The highest BCUT2D eigenvalue weighted by Gasteiger charge is 2.27. The third-order valence-corrected chi connectivity index (χ3v) is 4.10. The molecule has 0 saturated carbocycles. The molecule has 0 atom stereocenters. The van der Waals surface area contributed by atoms with Crippen molar-refractivity contribution in [2.75, 3.05) is 5.32 Å². The number of carbonyl (C=O) groups excluding carboxylic acids is 1.